The molecule has 1 amide bonds. The third-order valence-corrected chi connectivity index (χ3v) is 3.79. The van der Waals surface area contributed by atoms with E-state index in [9.17, 15) is 13.6 Å². The Balaban J connectivity index is 1.96. The van der Waals surface area contributed by atoms with Crippen LogP contribution in [0.3, 0.4) is 0 Å². The molecule has 0 aliphatic heterocycles. The highest BCUT2D eigenvalue weighted by atomic mass is 79.9. The van der Waals surface area contributed by atoms with Crippen molar-refractivity contribution >= 4 is 27.5 Å². The van der Waals surface area contributed by atoms with Gasteiger partial charge in [-0.15, -0.1) is 0 Å². The van der Waals surface area contributed by atoms with Crippen LogP contribution in [0.15, 0.2) is 40.9 Å². The second kappa shape index (κ2) is 8.21. The lowest BCUT2D eigenvalue weighted by Crippen LogP contribution is -2.30. The summed E-state index contributed by atoms with van der Waals surface area (Å²) in [5, 5.41) is 2.54. The van der Waals surface area contributed by atoms with Crippen molar-refractivity contribution in [3.05, 3.63) is 58.1 Å². The van der Waals surface area contributed by atoms with Gasteiger partial charge in [0.1, 0.15) is 5.75 Å². The number of nitrogens with zero attached hydrogens (tertiary/aromatic N) is 1. The van der Waals surface area contributed by atoms with Crippen molar-refractivity contribution in [1.29, 1.82) is 0 Å². The van der Waals surface area contributed by atoms with Crippen LogP contribution in [0.5, 0.6) is 5.75 Å². The van der Waals surface area contributed by atoms with E-state index in [1.165, 1.54) is 6.07 Å². The third-order valence-electron chi connectivity index (χ3n) is 3.30. The summed E-state index contributed by atoms with van der Waals surface area (Å²) in [6, 6.07) is 8.87. The fourth-order valence-corrected chi connectivity index (χ4v) is 2.65. The molecule has 0 aliphatic carbocycles. The zero-order valence-electron chi connectivity index (χ0n) is 13.3. The van der Waals surface area contributed by atoms with Crippen molar-refractivity contribution in [3.8, 4) is 5.75 Å². The van der Waals surface area contributed by atoms with E-state index in [-0.39, 0.29) is 18.1 Å². The molecule has 0 bridgehead atoms. The maximum absolute atomic E-state index is 13.1. The molecule has 0 unspecified atom stereocenters. The van der Waals surface area contributed by atoms with Gasteiger partial charge >= 0.3 is 0 Å². The van der Waals surface area contributed by atoms with Crippen LogP contribution in [0.2, 0.25) is 0 Å². The first-order chi connectivity index (χ1) is 11.4. The maximum Gasteiger partial charge on any atom is 0.238 e. The Bertz CT molecular complexity index is 741. The Labute approximate surface area is 147 Å². The number of carbonyl (C=O) groups is 1. The van der Waals surface area contributed by atoms with E-state index in [0.29, 0.717) is 6.54 Å². The Hall–Kier alpha value is -1.99. The zero-order chi connectivity index (χ0) is 17.7. The Morgan fingerprint density at radius 3 is 2.62 bits per heavy atom. The van der Waals surface area contributed by atoms with Gasteiger partial charge in [-0.25, -0.2) is 8.78 Å². The van der Waals surface area contributed by atoms with Crippen LogP contribution >= 0.6 is 15.9 Å². The number of anilines is 1. The summed E-state index contributed by atoms with van der Waals surface area (Å²) in [4.78, 5) is 13.8. The van der Waals surface area contributed by atoms with Crippen molar-refractivity contribution < 1.29 is 18.3 Å². The first-order valence-corrected chi connectivity index (χ1v) is 7.94. The maximum atomic E-state index is 13.1. The molecule has 2 rings (SSSR count). The minimum Gasteiger partial charge on any atom is -0.496 e. The molecule has 0 spiro atoms. The van der Waals surface area contributed by atoms with E-state index in [2.05, 4.69) is 21.2 Å². The van der Waals surface area contributed by atoms with Gasteiger partial charge in [-0.05, 0) is 37.4 Å². The number of carbonyl (C=O) groups excluding carboxylic acids is 1. The molecule has 0 heterocycles. The Morgan fingerprint density at radius 1 is 1.21 bits per heavy atom. The number of amides is 1. The second-order valence-corrected chi connectivity index (χ2v) is 6.22. The highest BCUT2D eigenvalue weighted by Crippen LogP contribution is 2.24. The van der Waals surface area contributed by atoms with Gasteiger partial charge in [-0.1, -0.05) is 15.9 Å². The fourth-order valence-electron chi connectivity index (χ4n) is 2.24. The summed E-state index contributed by atoms with van der Waals surface area (Å²) in [5.74, 6) is -1.55. The average molecular weight is 399 g/mol. The van der Waals surface area contributed by atoms with Crippen molar-refractivity contribution in [2.45, 2.75) is 6.54 Å². The zero-order valence-corrected chi connectivity index (χ0v) is 14.9. The quantitative estimate of drug-likeness (QED) is 0.804. The summed E-state index contributed by atoms with van der Waals surface area (Å²) >= 11 is 3.40. The van der Waals surface area contributed by atoms with Gasteiger partial charge in [-0.3, -0.25) is 9.69 Å². The first kappa shape index (κ1) is 18.4. The fraction of sp³-hybridized carbons (Fsp3) is 0.235. The summed E-state index contributed by atoms with van der Waals surface area (Å²) < 4.78 is 32.2. The van der Waals surface area contributed by atoms with E-state index in [1.54, 1.807) is 19.1 Å². The van der Waals surface area contributed by atoms with Gasteiger partial charge in [0, 0.05) is 28.3 Å². The molecule has 0 aliphatic rings. The number of hydrogen-bond donors (Lipinski definition) is 1. The summed E-state index contributed by atoms with van der Waals surface area (Å²) in [7, 11) is 3.37. The van der Waals surface area contributed by atoms with E-state index >= 15 is 0 Å². The van der Waals surface area contributed by atoms with Crippen LogP contribution in [0.25, 0.3) is 0 Å². The van der Waals surface area contributed by atoms with E-state index in [4.69, 9.17) is 4.74 Å². The summed E-state index contributed by atoms with van der Waals surface area (Å²) in [6.45, 7) is 0.586. The smallest absolute Gasteiger partial charge is 0.238 e. The lowest BCUT2D eigenvalue weighted by Gasteiger charge is -2.18. The van der Waals surface area contributed by atoms with Gasteiger partial charge in [0.2, 0.25) is 5.91 Å². The molecule has 0 aromatic heterocycles. The molecule has 128 valence electrons. The minimum absolute atomic E-state index is 0.0919. The molecule has 7 heteroatoms. The van der Waals surface area contributed by atoms with Crippen LogP contribution in [0, 0.1) is 11.6 Å². The van der Waals surface area contributed by atoms with E-state index in [1.807, 2.05) is 18.2 Å². The molecule has 2 aromatic carbocycles. The predicted molar refractivity (Wildman–Crippen MR) is 92.0 cm³/mol. The molecule has 0 radical (unpaired) electrons. The Kier molecular flexibility index (Phi) is 6.28. The molecule has 0 atom stereocenters. The van der Waals surface area contributed by atoms with Crippen LogP contribution in [0.4, 0.5) is 14.5 Å². The standard InChI is InChI=1S/C17H17BrF2N2O2/c1-22(9-11-7-12(18)3-6-16(11)24-2)10-17(23)21-13-4-5-14(19)15(20)8-13/h3-8H,9-10H2,1-2H3,(H,21,23). The van der Waals surface area contributed by atoms with Gasteiger partial charge < -0.3 is 10.1 Å². The minimum atomic E-state index is -1.000. The van der Waals surface area contributed by atoms with Gasteiger partial charge in [-0.2, -0.15) is 0 Å². The normalized spacial score (nSPS) is 10.8. The highest BCUT2D eigenvalue weighted by Gasteiger charge is 2.12. The van der Waals surface area contributed by atoms with Crippen LogP contribution in [0.1, 0.15) is 5.56 Å². The van der Waals surface area contributed by atoms with Crippen molar-refractivity contribution in [2.24, 2.45) is 0 Å². The van der Waals surface area contributed by atoms with E-state index in [0.717, 1.165) is 27.9 Å². The number of likely N-dealkylation sites (N-methyl/N-ethyl adjacent to an activating group) is 1. The molecule has 4 nitrogen and oxygen atoms in total. The molecular formula is C17H17BrF2N2O2. The molecule has 2 aromatic rings. The number of ether oxygens (including phenoxy) is 1. The predicted octanol–water partition coefficient (Wildman–Crippen LogP) is 3.81. The molecule has 24 heavy (non-hydrogen) atoms. The van der Waals surface area contributed by atoms with Gasteiger partial charge in [0.25, 0.3) is 0 Å². The molecule has 0 saturated carbocycles. The molecular weight excluding hydrogens is 382 g/mol. The lowest BCUT2D eigenvalue weighted by atomic mass is 10.2. The number of benzene rings is 2. The SMILES string of the molecule is COc1ccc(Br)cc1CN(C)CC(=O)Nc1ccc(F)c(F)c1. The van der Waals surface area contributed by atoms with Crippen LogP contribution in [-0.2, 0) is 11.3 Å². The molecule has 0 saturated heterocycles. The Morgan fingerprint density at radius 2 is 1.96 bits per heavy atom. The van der Waals surface area contributed by atoms with Crippen molar-refractivity contribution in [1.82, 2.24) is 4.90 Å². The number of hydrogen-bond acceptors (Lipinski definition) is 3. The topological polar surface area (TPSA) is 41.6 Å². The number of nitrogens with one attached hydrogen (secondary N) is 1. The average Bonchev–Trinajstić information content (AvgIpc) is 2.51. The van der Waals surface area contributed by atoms with Gasteiger partial charge in [0.15, 0.2) is 11.6 Å². The summed E-state index contributed by atoms with van der Waals surface area (Å²) in [6.07, 6.45) is 0. The van der Waals surface area contributed by atoms with Crippen molar-refractivity contribution in [2.75, 3.05) is 26.0 Å². The number of rotatable bonds is 6. The molecule has 0 fully saturated rings. The number of methoxy groups -OCH3 is 1. The summed E-state index contributed by atoms with van der Waals surface area (Å²) in [5.41, 5.74) is 1.14. The largest absolute Gasteiger partial charge is 0.496 e. The molecule has 1 N–H and O–H groups in total. The van der Waals surface area contributed by atoms with Crippen LogP contribution < -0.4 is 10.1 Å². The first-order valence-electron chi connectivity index (χ1n) is 7.15. The highest BCUT2D eigenvalue weighted by molar-refractivity contribution is 9.10. The second-order valence-electron chi connectivity index (χ2n) is 5.31. The lowest BCUT2D eigenvalue weighted by molar-refractivity contribution is -0.117. The van der Waals surface area contributed by atoms with Crippen molar-refractivity contribution in [3.63, 3.8) is 0 Å². The number of halogens is 3. The van der Waals surface area contributed by atoms with E-state index < -0.39 is 11.6 Å². The van der Waals surface area contributed by atoms with Gasteiger partial charge in [0.05, 0.1) is 13.7 Å². The van der Waals surface area contributed by atoms with Crippen LogP contribution in [-0.4, -0.2) is 31.5 Å². The third kappa shape index (κ3) is 5.01. The monoisotopic (exact) mass is 398 g/mol.